The molecule has 1 fully saturated rings. The molecule has 0 amide bonds. The summed E-state index contributed by atoms with van der Waals surface area (Å²) in [6, 6.07) is 13.5. The highest BCUT2D eigenvalue weighted by Crippen LogP contribution is 2.26. The molecular formula is C23H28N6O3. The van der Waals surface area contributed by atoms with E-state index in [1.54, 1.807) is 6.21 Å². The predicted octanol–water partition coefficient (Wildman–Crippen LogP) is 2.34. The number of allylic oxidation sites excluding steroid dienone is 1. The molecule has 2 aromatic heterocycles. The molecule has 168 valence electrons. The van der Waals surface area contributed by atoms with Gasteiger partial charge in [-0.15, -0.1) is 0 Å². The summed E-state index contributed by atoms with van der Waals surface area (Å²) in [5, 5.41) is 14.3. The molecule has 0 spiro atoms. The van der Waals surface area contributed by atoms with Gasteiger partial charge in [0.2, 0.25) is 0 Å². The summed E-state index contributed by atoms with van der Waals surface area (Å²) in [5.41, 5.74) is 9.11. The standard InChI is InChI=1S/C23H28N6O3/c1-16(15-30)19-12-21-26-20(13-22(29(21)27-19)28-8-10-32-11-9-28)25-14-18(23(24)31-2)17-6-4-3-5-7-17/h3-7,12-14,16,30H,8-11,15,24H2,1-2H3. The van der Waals surface area contributed by atoms with Gasteiger partial charge < -0.3 is 25.2 Å². The molecule has 1 aromatic carbocycles. The van der Waals surface area contributed by atoms with Crippen LogP contribution in [0.3, 0.4) is 0 Å². The number of hydrogen-bond acceptors (Lipinski definition) is 8. The van der Waals surface area contributed by atoms with E-state index in [-0.39, 0.29) is 18.4 Å². The molecule has 0 bridgehead atoms. The van der Waals surface area contributed by atoms with Crippen LogP contribution in [0.15, 0.2) is 53.3 Å². The minimum absolute atomic E-state index is 0.0172. The predicted molar refractivity (Wildman–Crippen MR) is 124 cm³/mol. The number of aliphatic hydroxyl groups excluding tert-OH is 1. The first kappa shape index (κ1) is 21.8. The quantitative estimate of drug-likeness (QED) is 0.432. The van der Waals surface area contributed by atoms with Gasteiger partial charge in [-0.3, -0.25) is 0 Å². The van der Waals surface area contributed by atoms with Crippen LogP contribution < -0.4 is 10.6 Å². The van der Waals surface area contributed by atoms with Crippen LogP contribution in [0.5, 0.6) is 0 Å². The van der Waals surface area contributed by atoms with E-state index in [1.807, 2.05) is 53.9 Å². The van der Waals surface area contributed by atoms with Gasteiger partial charge in [-0.1, -0.05) is 37.3 Å². The van der Waals surface area contributed by atoms with Crippen LogP contribution in [-0.2, 0) is 9.47 Å². The van der Waals surface area contributed by atoms with Crippen molar-refractivity contribution < 1.29 is 14.6 Å². The van der Waals surface area contributed by atoms with Crippen molar-refractivity contribution in [3.63, 3.8) is 0 Å². The number of aliphatic hydroxyl groups is 1. The van der Waals surface area contributed by atoms with Crippen LogP contribution >= 0.6 is 0 Å². The summed E-state index contributed by atoms with van der Waals surface area (Å²) < 4.78 is 12.6. The Morgan fingerprint density at radius 2 is 2.03 bits per heavy atom. The number of anilines is 1. The molecule has 1 aliphatic heterocycles. The molecule has 3 N–H and O–H groups in total. The molecule has 1 atom stereocenters. The highest BCUT2D eigenvalue weighted by molar-refractivity contribution is 6.11. The molecule has 4 rings (SSSR count). The number of rotatable bonds is 7. The van der Waals surface area contributed by atoms with Crippen molar-refractivity contribution >= 4 is 29.1 Å². The number of fused-ring (bicyclic) bond motifs is 1. The number of benzene rings is 1. The Labute approximate surface area is 186 Å². The van der Waals surface area contributed by atoms with E-state index < -0.39 is 0 Å². The van der Waals surface area contributed by atoms with E-state index >= 15 is 0 Å². The molecule has 1 saturated heterocycles. The summed E-state index contributed by atoms with van der Waals surface area (Å²) in [6.45, 7) is 4.74. The van der Waals surface area contributed by atoms with Crippen LogP contribution in [0, 0.1) is 0 Å². The summed E-state index contributed by atoms with van der Waals surface area (Å²) in [4.78, 5) is 11.5. The van der Waals surface area contributed by atoms with Crippen LogP contribution in [0.4, 0.5) is 11.6 Å². The Morgan fingerprint density at radius 1 is 1.28 bits per heavy atom. The van der Waals surface area contributed by atoms with Gasteiger partial charge in [0.05, 0.1) is 38.2 Å². The SMILES string of the molecule is COC(N)=C(C=Nc1cc(N2CCOCC2)n2nc(C(C)CO)cc2n1)c1ccccc1. The average Bonchev–Trinajstić information content (AvgIpc) is 3.28. The van der Waals surface area contributed by atoms with Gasteiger partial charge in [-0.25, -0.2) is 9.98 Å². The second-order valence-electron chi connectivity index (χ2n) is 7.60. The van der Waals surface area contributed by atoms with Crippen molar-refractivity contribution in [2.45, 2.75) is 12.8 Å². The number of aliphatic imine (C=N–C) groups is 1. The third-order valence-corrected chi connectivity index (χ3v) is 5.42. The van der Waals surface area contributed by atoms with E-state index in [0.717, 1.165) is 30.2 Å². The van der Waals surface area contributed by atoms with E-state index in [9.17, 15) is 5.11 Å². The topological polar surface area (TPSA) is 110 Å². The largest absolute Gasteiger partial charge is 0.482 e. The lowest BCUT2D eigenvalue weighted by Crippen LogP contribution is -2.37. The number of methoxy groups -OCH3 is 1. The third kappa shape index (κ3) is 4.58. The van der Waals surface area contributed by atoms with Gasteiger partial charge in [-0.05, 0) is 5.56 Å². The lowest BCUT2D eigenvalue weighted by atomic mass is 10.1. The van der Waals surface area contributed by atoms with Gasteiger partial charge in [0.25, 0.3) is 0 Å². The molecule has 3 aromatic rings. The van der Waals surface area contributed by atoms with Gasteiger partial charge in [-0.2, -0.15) is 9.61 Å². The minimum atomic E-state index is -0.0877. The average molecular weight is 437 g/mol. The van der Waals surface area contributed by atoms with E-state index in [1.165, 1.54) is 7.11 Å². The van der Waals surface area contributed by atoms with Gasteiger partial charge >= 0.3 is 0 Å². The lowest BCUT2D eigenvalue weighted by molar-refractivity contribution is 0.122. The zero-order valence-electron chi connectivity index (χ0n) is 18.3. The third-order valence-electron chi connectivity index (χ3n) is 5.42. The highest BCUT2D eigenvalue weighted by atomic mass is 16.5. The summed E-state index contributed by atoms with van der Waals surface area (Å²) in [5.74, 6) is 1.60. The van der Waals surface area contributed by atoms with Crippen molar-refractivity contribution in [2.75, 3.05) is 44.9 Å². The van der Waals surface area contributed by atoms with Crippen molar-refractivity contribution in [2.24, 2.45) is 10.7 Å². The molecule has 9 heteroatoms. The maximum atomic E-state index is 9.57. The van der Waals surface area contributed by atoms with Crippen LogP contribution in [0.25, 0.3) is 11.2 Å². The Hall–Kier alpha value is -3.43. The van der Waals surface area contributed by atoms with E-state index in [4.69, 9.17) is 20.3 Å². The fourth-order valence-electron chi connectivity index (χ4n) is 3.52. The zero-order valence-corrected chi connectivity index (χ0v) is 18.3. The Morgan fingerprint density at radius 3 is 2.72 bits per heavy atom. The van der Waals surface area contributed by atoms with Crippen molar-refractivity contribution in [1.29, 1.82) is 0 Å². The molecule has 0 saturated carbocycles. The highest BCUT2D eigenvalue weighted by Gasteiger charge is 2.19. The number of aromatic nitrogens is 3. The summed E-state index contributed by atoms with van der Waals surface area (Å²) in [6.07, 6.45) is 1.67. The summed E-state index contributed by atoms with van der Waals surface area (Å²) in [7, 11) is 1.53. The van der Waals surface area contributed by atoms with Crippen molar-refractivity contribution in [3.8, 4) is 0 Å². The molecular weight excluding hydrogens is 408 g/mol. The second kappa shape index (κ2) is 9.80. The van der Waals surface area contributed by atoms with Crippen molar-refractivity contribution in [3.05, 3.63) is 59.6 Å². The second-order valence-corrected chi connectivity index (χ2v) is 7.60. The first-order valence-electron chi connectivity index (χ1n) is 10.6. The monoisotopic (exact) mass is 436 g/mol. The molecule has 1 aliphatic rings. The Kier molecular flexibility index (Phi) is 6.67. The van der Waals surface area contributed by atoms with Crippen molar-refractivity contribution in [1.82, 2.24) is 14.6 Å². The molecule has 0 aliphatic carbocycles. The number of morpholine rings is 1. The fraction of sp³-hybridized carbons (Fsp3) is 0.348. The van der Waals surface area contributed by atoms with Crippen LogP contribution in [0.1, 0.15) is 24.1 Å². The number of hydrogen-bond donors (Lipinski definition) is 2. The number of nitrogens with two attached hydrogens (primary N) is 1. The molecule has 1 unspecified atom stereocenters. The van der Waals surface area contributed by atoms with Crippen LogP contribution in [0.2, 0.25) is 0 Å². The maximum absolute atomic E-state index is 9.57. The smallest absolute Gasteiger partial charge is 0.193 e. The van der Waals surface area contributed by atoms with Gasteiger partial charge in [0.1, 0.15) is 5.82 Å². The normalized spacial score (nSPS) is 16.4. The Bertz CT molecular complexity index is 1120. The number of nitrogens with zero attached hydrogens (tertiary/aromatic N) is 5. The maximum Gasteiger partial charge on any atom is 0.193 e. The molecule has 3 heterocycles. The minimum Gasteiger partial charge on any atom is -0.482 e. The van der Waals surface area contributed by atoms with Gasteiger partial charge in [0, 0.05) is 37.4 Å². The first-order chi connectivity index (χ1) is 15.6. The fourth-order valence-corrected chi connectivity index (χ4v) is 3.52. The van der Waals surface area contributed by atoms with E-state index in [2.05, 4.69) is 14.9 Å². The molecule has 0 radical (unpaired) electrons. The molecule has 9 nitrogen and oxygen atoms in total. The van der Waals surface area contributed by atoms with Crippen LogP contribution in [-0.4, -0.2) is 65.9 Å². The first-order valence-corrected chi connectivity index (χ1v) is 10.6. The van der Waals surface area contributed by atoms with E-state index in [0.29, 0.717) is 30.3 Å². The van der Waals surface area contributed by atoms with Gasteiger partial charge in [0.15, 0.2) is 17.3 Å². The Balaban J connectivity index is 1.77. The number of ether oxygens (including phenoxy) is 2. The lowest BCUT2D eigenvalue weighted by Gasteiger charge is -2.28. The zero-order chi connectivity index (χ0) is 22.5. The summed E-state index contributed by atoms with van der Waals surface area (Å²) >= 11 is 0. The molecule has 32 heavy (non-hydrogen) atoms.